The molecule has 0 radical (unpaired) electrons. The summed E-state index contributed by atoms with van der Waals surface area (Å²) in [5, 5.41) is 6.20. The number of hydrogen-bond donors (Lipinski definition) is 2. The van der Waals surface area contributed by atoms with Crippen molar-refractivity contribution in [2.45, 2.75) is 0 Å². The molecule has 0 bridgehead atoms. The first-order chi connectivity index (χ1) is 13.6. The van der Waals surface area contributed by atoms with Crippen LogP contribution in [0.4, 0.5) is 5.69 Å². The van der Waals surface area contributed by atoms with Gasteiger partial charge in [0, 0.05) is 5.56 Å². The quantitative estimate of drug-likeness (QED) is 0.446. The van der Waals surface area contributed by atoms with Crippen LogP contribution in [-0.2, 0) is 0 Å². The molecule has 0 spiro atoms. The Bertz CT molecular complexity index is 1160. The van der Waals surface area contributed by atoms with Gasteiger partial charge in [-0.05, 0) is 47.6 Å². The van der Waals surface area contributed by atoms with Gasteiger partial charge in [0.15, 0.2) is 5.11 Å². The number of benzene rings is 3. The Hall–Kier alpha value is -2.87. The molecular formula is C20H13ClN4OS2. The fraction of sp³-hybridized carbons (Fsp3) is 0. The van der Waals surface area contributed by atoms with Gasteiger partial charge in [0.25, 0.3) is 5.91 Å². The predicted octanol–water partition coefficient (Wildman–Crippen LogP) is 5.14. The summed E-state index contributed by atoms with van der Waals surface area (Å²) in [6.45, 7) is 0. The minimum atomic E-state index is -0.309. The van der Waals surface area contributed by atoms with Gasteiger partial charge in [-0.2, -0.15) is 8.75 Å². The van der Waals surface area contributed by atoms with E-state index in [-0.39, 0.29) is 11.0 Å². The van der Waals surface area contributed by atoms with Crippen LogP contribution in [0.5, 0.6) is 0 Å². The summed E-state index contributed by atoms with van der Waals surface area (Å²) >= 11 is 12.6. The zero-order valence-electron chi connectivity index (χ0n) is 14.3. The van der Waals surface area contributed by atoms with Gasteiger partial charge in [-0.15, -0.1) is 0 Å². The van der Waals surface area contributed by atoms with Gasteiger partial charge in [-0.25, -0.2) is 0 Å². The Morgan fingerprint density at radius 2 is 1.64 bits per heavy atom. The van der Waals surface area contributed by atoms with E-state index in [1.54, 1.807) is 24.3 Å². The molecule has 4 rings (SSSR count). The van der Waals surface area contributed by atoms with Gasteiger partial charge in [-0.3, -0.25) is 10.1 Å². The standard InChI is InChI=1S/C20H13ClN4OS2/c21-15-10-11-16-18(25-28-24-16)17(15)22-20(27)23-19(26)14-8-6-13(7-9-14)12-4-2-1-3-5-12/h1-11H,(H2,22,23,26,27). The molecule has 0 saturated heterocycles. The van der Waals surface area contributed by atoms with E-state index in [2.05, 4.69) is 19.4 Å². The van der Waals surface area contributed by atoms with E-state index < -0.39 is 0 Å². The third-order valence-corrected chi connectivity index (χ3v) is 5.16. The summed E-state index contributed by atoms with van der Waals surface area (Å²) in [5.74, 6) is -0.309. The van der Waals surface area contributed by atoms with E-state index in [4.69, 9.17) is 23.8 Å². The third kappa shape index (κ3) is 3.87. The van der Waals surface area contributed by atoms with Crippen molar-refractivity contribution in [3.63, 3.8) is 0 Å². The monoisotopic (exact) mass is 424 g/mol. The van der Waals surface area contributed by atoms with E-state index in [1.165, 1.54) is 0 Å². The van der Waals surface area contributed by atoms with Crippen LogP contribution >= 0.6 is 35.5 Å². The summed E-state index contributed by atoms with van der Waals surface area (Å²) in [4.78, 5) is 12.5. The minimum Gasteiger partial charge on any atom is -0.329 e. The lowest BCUT2D eigenvalue weighted by Crippen LogP contribution is -2.34. The maximum Gasteiger partial charge on any atom is 0.257 e. The Kier molecular flexibility index (Phi) is 5.29. The zero-order valence-corrected chi connectivity index (χ0v) is 16.7. The van der Waals surface area contributed by atoms with Gasteiger partial charge in [-0.1, -0.05) is 54.1 Å². The lowest BCUT2D eigenvalue weighted by Gasteiger charge is -2.11. The van der Waals surface area contributed by atoms with Crippen molar-refractivity contribution in [3.05, 3.63) is 77.3 Å². The second kappa shape index (κ2) is 8.02. The van der Waals surface area contributed by atoms with Crippen molar-refractivity contribution in [1.82, 2.24) is 14.1 Å². The topological polar surface area (TPSA) is 66.9 Å². The number of nitrogens with zero attached hydrogens (tertiary/aromatic N) is 2. The minimum absolute atomic E-state index is 0.138. The van der Waals surface area contributed by atoms with Gasteiger partial charge >= 0.3 is 0 Å². The number of carbonyl (C=O) groups is 1. The van der Waals surface area contributed by atoms with Crippen molar-refractivity contribution >= 4 is 63.3 Å². The van der Waals surface area contributed by atoms with E-state index >= 15 is 0 Å². The second-order valence-electron chi connectivity index (χ2n) is 5.91. The third-order valence-electron chi connectivity index (χ3n) is 4.10. The van der Waals surface area contributed by atoms with E-state index in [0.29, 0.717) is 27.3 Å². The summed E-state index contributed by atoms with van der Waals surface area (Å²) in [7, 11) is 0. The second-order valence-corrected chi connectivity index (χ2v) is 7.25. The number of carbonyl (C=O) groups excluding carboxylic acids is 1. The van der Waals surface area contributed by atoms with Crippen LogP contribution in [0.15, 0.2) is 66.7 Å². The number of nitrogens with one attached hydrogen (secondary N) is 2. The molecule has 4 aromatic rings. The number of hydrogen-bond acceptors (Lipinski definition) is 5. The average molecular weight is 425 g/mol. The summed E-state index contributed by atoms with van der Waals surface area (Å²) < 4.78 is 8.39. The van der Waals surface area contributed by atoms with Gasteiger partial charge in [0.1, 0.15) is 11.0 Å². The maximum absolute atomic E-state index is 12.5. The Morgan fingerprint density at radius 3 is 2.39 bits per heavy atom. The van der Waals surface area contributed by atoms with Crippen LogP contribution < -0.4 is 10.6 Å². The van der Waals surface area contributed by atoms with E-state index in [9.17, 15) is 4.79 Å². The number of anilines is 1. The lowest BCUT2D eigenvalue weighted by atomic mass is 10.0. The average Bonchev–Trinajstić information content (AvgIpc) is 3.20. The molecule has 0 fully saturated rings. The molecule has 0 saturated carbocycles. The molecule has 2 N–H and O–H groups in total. The van der Waals surface area contributed by atoms with Crippen molar-refractivity contribution in [2.75, 3.05) is 5.32 Å². The molecule has 0 atom stereocenters. The van der Waals surface area contributed by atoms with Gasteiger partial charge < -0.3 is 5.32 Å². The molecule has 28 heavy (non-hydrogen) atoms. The normalized spacial score (nSPS) is 10.6. The fourth-order valence-corrected chi connectivity index (χ4v) is 3.65. The van der Waals surface area contributed by atoms with Crippen LogP contribution in [0.1, 0.15) is 10.4 Å². The number of thiocarbonyl (C=S) groups is 1. The van der Waals surface area contributed by atoms with Crippen LogP contribution in [0.25, 0.3) is 22.2 Å². The molecule has 138 valence electrons. The Balaban J connectivity index is 1.46. The first-order valence-electron chi connectivity index (χ1n) is 8.30. The number of halogens is 1. The van der Waals surface area contributed by atoms with Gasteiger partial charge in [0.2, 0.25) is 0 Å². The number of aromatic nitrogens is 2. The Morgan fingerprint density at radius 1 is 0.929 bits per heavy atom. The van der Waals surface area contributed by atoms with Crippen LogP contribution in [0.3, 0.4) is 0 Å². The zero-order chi connectivity index (χ0) is 19.5. The van der Waals surface area contributed by atoms with Gasteiger partial charge in [0.05, 0.1) is 22.4 Å². The first kappa shape index (κ1) is 18.5. The van der Waals surface area contributed by atoms with E-state index in [1.807, 2.05) is 42.5 Å². The first-order valence-corrected chi connectivity index (χ1v) is 9.82. The molecule has 0 unspecified atom stereocenters. The van der Waals surface area contributed by atoms with Crippen LogP contribution in [0, 0.1) is 0 Å². The van der Waals surface area contributed by atoms with Crippen molar-refractivity contribution < 1.29 is 4.79 Å². The maximum atomic E-state index is 12.5. The molecular weight excluding hydrogens is 412 g/mol. The SMILES string of the molecule is O=C(NC(=S)Nc1c(Cl)ccc2nsnc12)c1ccc(-c2ccccc2)cc1. The van der Waals surface area contributed by atoms with E-state index in [0.717, 1.165) is 22.9 Å². The molecule has 5 nitrogen and oxygen atoms in total. The molecule has 0 aliphatic rings. The molecule has 0 aliphatic heterocycles. The number of amides is 1. The lowest BCUT2D eigenvalue weighted by molar-refractivity contribution is 0.0978. The highest BCUT2D eigenvalue weighted by Gasteiger charge is 2.13. The van der Waals surface area contributed by atoms with Crippen LogP contribution in [-0.4, -0.2) is 19.8 Å². The number of fused-ring (bicyclic) bond motifs is 1. The van der Waals surface area contributed by atoms with Crippen molar-refractivity contribution in [3.8, 4) is 11.1 Å². The summed E-state index contributed by atoms with van der Waals surface area (Å²) in [6.07, 6.45) is 0. The summed E-state index contributed by atoms with van der Waals surface area (Å²) in [5.41, 5.74) is 4.48. The molecule has 1 amide bonds. The highest BCUT2D eigenvalue weighted by Crippen LogP contribution is 2.29. The molecule has 3 aromatic carbocycles. The highest BCUT2D eigenvalue weighted by atomic mass is 35.5. The Labute approximate surface area is 175 Å². The van der Waals surface area contributed by atoms with Crippen LogP contribution in [0.2, 0.25) is 5.02 Å². The molecule has 1 aromatic heterocycles. The predicted molar refractivity (Wildman–Crippen MR) is 118 cm³/mol. The smallest absolute Gasteiger partial charge is 0.257 e. The molecule has 1 heterocycles. The van der Waals surface area contributed by atoms with Crippen molar-refractivity contribution in [2.24, 2.45) is 0 Å². The number of rotatable bonds is 3. The highest BCUT2D eigenvalue weighted by molar-refractivity contribution is 7.80. The molecule has 0 aliphatic carbocycles. The summed E-state index contributed by atoms with van der Waals surface area (Å²) in [6, 6.07) is 20.8. The van der Waals surface area contributed by atoms with Crippen molar-refractivity contribution in [1.29, 1.82) is 0 Å². The molecule has 8 heteroatoms. The largest absolute Gasteiger partial charge is 0.329 e. The fourth-order valence-electron chi connectivity index (χ4n) is 2.71.